The van der Waals surface area contributed by atoms with Crippen LogP contribution in [0.5, 0.6) is 5.75 Å². The molecule has 3 N–H and O–H groups in total. The Hall–Kier alpha value is -0.980. The minimum atomic E-state index is 0. The minimum Gasteiger partial charge on any atom is -0.497 e. The van der Waals surface area contributed by atoms with Crippen molar-refractivity contribution in [2.75, 3.05) is 20.2 Å². The molecule has 124 valence electrons. The van der Waals surface area contributed by atoms with Gasteiger partial charge in [-0.2, -0.15) is 0 Å². The molecule has 0 heterocycles. The van der Waals surface area contributed by atoms with Gasteiger partial charge in [-0.3, -0.25) is 4.99 Å². The third-order valence-electron chi connectivity index (χ3n) is 4.31. The smallest absolute Gasteiger partial charge is 0.188 e. The SMILES string of the molecule is COc1ccc(C(C)CCNC(N)=NCC2CCC2)cc1.I. The number of hydrogen-bond donors (Lipinski definition) is 2. The summed E-state index contributed by atoms with van der Waals surface area (Å²) in [5, 5.41) is 3.21. The lowest BCUT2D eigenvalue weighted by Crippen LogP contribution is -2.33. The van der Waals surface area contributed by atoms with E-state index in [9.17, 15) is 0 Å². The van der Waals surface area contributed by atoms with Crippen LogP contribution in [0.25, 0.3) is 0 Å². The van der Waals surface area contributed by atoms with E-state index in [4.69, 9.17) is 10.5 Å². The maximum atomic E-state index is 5.89. The zero-order chi connectivity index (χ0) is 15.1. The quantitative estimate of drug-likeness (QED) is 0.406. The summed E-state index contributed by atoms with van der Waals surface area (Å²) in [6.07, 6.45) is 5.01. The molecule has 2 rings (SSSR count). The third-order valence-corrected chi connectivity index (χ3v) is 4.31. The third kappa shape index (κ3) is 6.02. The van der Waals surface area contributed by atoms with Crippen molar-refractivity contribution < 1.29 is 4.74 Å². The number of ether oxygens (including phenoxy) is 1. The Bertz CT molecular complexity index is 457. The fourth-order valence-electron chi connectivity index (χ4n) is 2.47. The number of nitrogens with zero attached hydrogens (tertiary/aromatic N) is 1. The van der Waals surface area contributed by atoms with E-state index in [1.54, 1.807) is 7.11 Å². The summed E-state index contributed by atoms with van der Waals surface area (Å²) in [6, 6.07) is 8.26. The fourth-order valence-corrected chi connectivity index (χ4v) is 2.47. The van der Waals surface area contributed by atoms with Gasteiger partial charge in [0.25, 0.3) is 0 Å². The van der Waals surface area contributed by atoms with Crippen LogP contribution in [-0.2, 0) is 0 Å². The molecule has 1 unspecified atom stereocenters. The van der Waals surface area contributed by atoms with Crippen LogP contribution in [0, 0.1) is 5.92 Å². The summed E-state index contributed by atoms with van der Waals surface area (Å²) in [5.74, 6) is 2.74. The van der Waals surface area contributed by atoms with Crippen LogP contribution in [-0.4, -0.2) is 26.2 Å². The first-order valence-electron chi connectivity index (χ1n) is 7.86. The lowest BCUT2D eigenvalue weighted by molar-refractivity contribution is 0.326. The molecule has 0 amide bonds. The maximum absolute atomic E-state index is 5.89. The van der Waals surface area contributed by atoms with Crippen LogP contribution in [0.4, 0.5) is 0 Å². The van der Waals surface area contributed by atoms with Crippen LogP contribution < -0.4 is 15.8 Å². The zero-order valence-corrected chi connectivity index (χ0v) is 15.9. The first kappa shape index (κ1) is 19.1. The molecule has 1 saturated carbocycles. The number of nitrogens with one attached hydrogen (secondary N) is 1. The molecule has 0 aromatic heterocycles. The van der Waals surface area contributed by atoms with Crippen LogP contribution in [0.3, 0.4) is 0 Å². The predicted octanol–water partition coefficient (Wildman–Crippen LogP) is 3.51. The fraction of sp³-hybridized carbons (Fsp3) is 0.588. The van der Waals surface area contributed by atoms with Gasteiger partial charge in [-0.05, 0) is 48.8 Å². The summed E-state index contributed by atoms with van der Waals surface area (Å²) < 4.78 is 5.18. The standard InChI is InChI=1S/C17H27N3O.HI/c1-13(15-6-8-16(21-2)9-7-15)10-11-19-17(18)20-12-14-4-3-5-14;/h6-9,13-14H,3-5,10-12H2,1-2H3,(H3,18,19,20);1H. The summed E-state index contributed by atoms with van der Waals surface area (Å²) in [4.78, 5) is 4.41. The molecule has 5 heteroatoms. The van der Waals surface area contributed by atoms with Crippen LogP contribution in [0.2, 0.25) is 0 Å². The van der Waals surface area contributed by atoms with Gasteiger partial charge in [0.1, 0.15) is 5.75 Å². The van der Waals surface area contributed by atoms with E-state index < -0.39 is 0 Å². The van der Waals surface area contributed by atoms with Crippen molar-refractivity contribution in [1.82, 2.24) is 5.32 Å². The monoisotopic (exact) mass is 417 g/mol. The average molecular weight is 417 g/mol. The van der Waals surface area contributed by atoms with E-state index in [0.29, 0.717) is 11.9 Å². The second kappa shape index (κ2) is 9.92. The molecule has 1 aromatic rings. The molecule has 1 aliphatic rings. The highest BCUT2D eigenvalue weighted by atomic mass is 127. The Labute approximate surface area is 150 Å². The largest absolute Gasteiger partial charge is 0.497 e. The molecule has 1 fully saturated rings. The number of halogens is 1. The highest BCUT2D eigenvalue weighted by Crippen LogP contribution is 2.26. The van der Waals surface area contributed by atoms with E-state index in [2.05, 4.69) is 29.4 Å². The Morgan fingerprint density at radius 1 is 1.36 bits per heavy atom. The Morgan fingerprint density at radius 3 is 2.59 bits per heavy atom. The number of aliphatic imine (C=N–C) groups is 1. The normalized spacial score (nSPS) is 16.4. The van der Waals surface area contributed by atoms with Crippen LogP contribution in [0.1, 0.15) is 44.1 Å². The van der Waals surface area contributed by atoms with Gasteiger partial charge in [0, 0.05) is 13.1 Å². The van der Waals surface area contributed by atoms with E-state index >= 15 is 0 Å². The first-order chi connectivity index (χ1) is 10.2. The Morgan fingerprint density at radius 2 is 2.05 bits per heavy atom. The summed E-state index contributed by atoms with van der Waals surface area (Å²) in [6.45, 7) is 3.96. The van der Waals surface area contributed by atoms with E-state index in [-0.39, 0.29) is 24.0 Å². The molecule has 1 atom stereocenters. The van der Waals surface area contributed by atoms with Crippen molar-refractivity contribution in [3.8, 4) is 5.75 Å². The second-order valence-corrected chi connectivity index (χ2v) is 5.91. The van der Waals surface area contributed by atoms with Gasteiger partial charge in [0.05, 0.1) is 7.11 Å². The molecule has 0 aliphatic heterocycles. The zero-order valence-electron chi connectivity index (χ0n) is 13.5. The van der Waals surface area contributed by atoms with E-state index in [1.165, 1.54) is 24.8 Å². The van der Waals surface area contributed by atoms with Gasteiger partial charge >= 0.3 is 0 Å². The Kier molecular flexibility index (Phi) is 8.60. The van der Waals surface area contributed by atoms with Crippen molar-refractivity contribution in [3.63, 3.8) is 0 Å². The number of rotatable bonds is 7. The topological polar surface area (TPSA) is 59.6 Å². The molecular weight excluding hydrogens is 389 g/mol. The first-order valence-corrected chi connectivity index (χ1v) is 7.86. The molecule has 0 bridgehead atoms. The van der Waals surface area contributed by atoms with Gasteiger partial charge in [-0.1, -0.05) is 25.5 Å². The summed E-state index contributed by atoms with van der Waals surface area (Å²) >= 11 is 0. The molecule has 4 nitrogen and oxygen atoms in total. The Balaban J connectivity index is 0.00000242. The number of methoxy groups -OCH3 is 1. The van der Waals surface area contributed by atoms with Crippen molar-refractivity contribution in [3.05, 3.63) is 29.8 Å². The molecule has 1 aromatic carbocycles. The molecule has 0 spiro atoms. The number of benzene rings is 1. The van der Waals surface area contributed by atoms with Crippen molar-refractivity contribution >= 4 is 29.9 Å². The second-order valence-electron chi connectivity index (χ2n) is 5.91. The summed E-state index contributed by atoms with van der Waals surface area (Å²) in [7, 11) is 1.69. The molecule has 0 radical (unpaired) electrons. The average Bonchev–Trinajstić information content (AvgIpc) is 2.45. The van der Waals surface area contributed by atoms with Crippen molar-refractivity contribution in [1.29, 1.82) is 0 Å². The summed E-state index contributed by atoms with van der Waals surface area (Å²) in [5.41, 5.74) is 7.21. The minimum absolute atomic E-state index is 0. The van der Waals surface area contributed by atoms with Crippen LogP contribution in [0.15, 0.2) is 29.3 Å². The van der Waals surface area contributed by atoms with E-state index in [1.807, 2.05) is 12.1 Å². The number of nitrogens with two attached hydrogens (primary N) is 1. The number of guanidine groups is 1. The lowest BCUT2D eigenvalue weighted by atomic mass is 9.86. The van der Waals surface area contributed by atoms with Gasteiger partial charge < -0.3 is 15.8 Å². The van der Waals surface area contributed by atoms with E-state index in [0.717, 1.165) is 31.2 Å². The van der Waals surface area contributed by atoms with Crippen LogP contribution >= 0.6 is 24.0 Å². The highest BCUT2D eigenvalue weighted by molar-refractivity contribution is 14.0. The molecule has 22 heavy (non-hydrogen) atoms. The number of hydrogen-bond acceptors (Lipinski definition) is 2. The molecular formula is C17H28IN3O. The van der Waals surface area contributed by atoms with Crippen molar-refractivity contribution in [2.24, 2.45) is 16.6 Å². The highest BCUT2D eigenvalue weighted by Gasteiger charge is 2.16. The lowest BCUT2D eigenvalue weighted by Gasteiger charge is -2.23. The maximum Gasteiger partial charge on any atom is 0.188 e. The van der Waals surface area contributed by atoms with Gasteiger partial charge in [-0.25, -0.2) is 0 Å². The molecule has 1 aliphatic carbocycles. The molecule has 0 saturated heterocycles. The van der Waals surface area contributed by atoms with Gasteiger partial charge in [0.2, 0.25) is 0 Å². The van der Waals surface area contributed by atoms with Gasteiger partial charge in [0.15, 0.2) is 5.96 Å². The van der Waals surface area contributed by atoms with Crippen molar-refractivity contribution in [2.45, 2.75) is 38.5 Å². The predicted molar refractivity (Wildman–Crippen MR) is 103 cm³/mol. The van der Waals surface area contributed by atoms with Gasteiger partial charge in [-0.15, -0.1) is 24.0 Å².